The van der Waals surface area contributed by atoms with Crippen LogP contribution < -0.4 is 0 Å². The van der Waals surface area contributed by atoms with Crippen molar-refractivity contribution in [2.75, 3.05) is 26.2 Å². The highest BCUT2D eigenvalue weighted by Gasteiger charge is 2.36. The number of amides is 2. The van der Waals surface area contributed by atoms with Crippen molar-refractivity contribution in [3.8, 4) is 0 Å². The van der Waals surface area contributed by atoms with Gasteiger partial charge in [-0.05, 0) is 27.2 Å². The molecule has 1 aliphatic rings. The standard InChI is InChI=1S/C13H24N2O3/c1-4-14-9-11(8-12(14)17)13(18)15(10(2)3)6-5-7-16/h10-11,16H,4-9H2,1-3H3. The van der Waals surface area contributed by atoms with Gasteiger partial charge in [-0.15, -0.1) is 0 Å². The van der Waals surface area contributed by atoms with E-state index in [1.807, 2.05) is 20.8 Å². The van der Waals surface area contributed by atoms with Gasteiger partial charge in [0.05, 0.1) is 5.92 Å². The molecule has 1 saturated heterocycles. The number of likely N-dealkylation sites (tertiary alicyclic amines) is 1. The van der Waals surface area contributed by atoms with Gasteiger partial charge in [0.15, 0.2) is 0 Å². The van der Waals surface area contributed by atoms with E-state index in [4.69, 9.17) is 5.11 Å². The average molecular weight is 256 g/mol. The molecule has 1 unspecified atom stereocenters. The molecule has 1 heterocycles. The zero-order chi connectivity index (χ0) is 13.7. The Hall–Kier alpha value is -1.10. The molecular formula is C13H24N2O3. The molecule has 0 aromatic rings. The second-order valence-electron chi connectivity index (χ2n) is 5.04. The Bertz CT molecular complexity index is 305. The number of aliphatic hydroxyl groups excluding tert-OH is 1. The van der Waals surface area contributed by atoms with Crippen LogP contribution in [0.1, 0.15) is 33.6 Å². The summed E-state index contributed by atoms with van der Waals surface area (Å²) in [5.41, 5.74) is 0. The summed E-state index contributed by atoms with van der Waals surface area (Å²) in [7, 11) is 0. The van der Waals surface area contributed by atoms with E-state index in [2.05, 4.69) is 0 Å². The van der Waals surface area contributed by atoms with Crippen molar-refractivity contribution >= 4 is 11.8 Å². The molecular weight excluding hydrogens is 232 g/mol. The van der Waals surface area contributed by atoms with Gasteiger partial charge in [0.1, 0.15) is 0 Å². The average Bonchev–Trinajstić information content (AvgIpc) is 2.70. The summed E-state index contributed by atoms with van der Waals surface area (Å²) < 4.78 is 0. The van der Waals surface area contributed by atoms with Crippen LogP contribution in [0.25, 0.3) is 0 Å². The lowest BCUT2D eigenvalue weighted by atomic mass is 10.1. The minimum Gasteiger partial charge on any atom is -0.396 e. The normalized spacial score (nSPS) is 19.7. The first-order valence-corrected chi connectivity index (χ1v) is 6.70. The summed E-state index contributed by atoms with van der Waals surface area (Å²) in [5.74, 6) is -0.0944. The molecule has 0 aliphatic carbocycles. The van der Waals surface area contributed by atoms with Crippen molar-refractivity contribution in [2.45, 2.75) is 39.7 Å². The van der Waals surface area contributed by atoms with Crippen LogP contribution in [0.3, 0.4) is 0 Å². The molecule has 1 N–H and O–H groups in total. The smallest absolute Gasteiger partial charge is 0.228 e. The fourth-order valence-electron chi connectivity index (χ4n) is 2.34. The summed E-state index contributed by atoms with van der Waals surface area (Å²) in [4.78, 5) is 27.5. The van der Waals surface area contributed by atoms with E-state index < -0.39 is 0 Å². The number of hydrogen-bond acceptors (Lipinski definition) is 3. The minimum absolute atomic E-state index is 0.0442. The van der Waals surface area contributed by atoms with Crippen LogP contribution in [0.2, 0.25) is 0 Å². The van der Waals surface area contributed by atoms with Gasteiger partial charge in [-0.3, -0.25) is 9.59 Å². The number of nitrogens with zero attached hydrogens (tertiary/aromatic N) is 2. The molecule has 18 heavy (non-hydrogen) atoms. The Morgan fingerprint density at radius 1 is 1.56 bits per heavy atom. The summed E-state index contributed by atoms with van der Waals surface area (Å²) in [6.45, 7) is 7.70. The molecule has 0 aromatic heterocycles. The van der Waals surface area contributed by atoms with Gasteiger partial charge in [-0.1, -0.05) is 0 Å². The van der Waals surface area contributed by atoms with E-state index in [1.165, 1.54) is 0 Å². The van der Waals surface area contributed by atoms with Crippen molar-refractivity contribution in [1.82, 2.24) is 9.80 Å². The number of hydrogen-bond donors (Lipinski definition) is 1. The number of carbonyl (C=O) groups is 2. The molecule has 5 nitrogen and oxygen atoms in total. The lowest BCUT2D eigenvalue weighted by Crippen LogP contribution is -2.42. The fourth-order valence-corrected chi connectivity index (χ4v) is 2.34. The second-order valence-corrected chi connectivity index (χ2v) is 5.04. The van der Waals surface area contributed by atoms with Gasteiger partial charge in [0.25, 0.3) is 0 Å². The van der Waals surface area contributed by atoms with Crippen LogP contribution in [-0.4, -0.2) is 59.0 Å². The third-order valence-corrected chi connectivity index (χ3v) is 3.41. The Kier molecular flexibility index (Phi) is 5.59. The molecule has 0 aromatic carbocycles. The van der Waals surface area contributed by atoms with Crippen molar-refractivity contribution in [1.29, 1.82) is 0 Å². The quantitative estimate of drug-likeness (QED) is 0.751. The van der Waals surface area contributed by atoms with Crippen LogP contribution in [0.5, 0.6) is 0 Å². The van der Waals surface area contributed by atoms with Gasteiger partial charge in [-0.2, -0.15) is 0 Å². The van der Waals surface area contributed by atoms with E-state index in [0.717, 1.165) is 0 Å². The topological polar surface area (TPSA) is 60.9 Å². The SMILES string of the molecule is CCN1CC(C(=O)N(CCCO)C(C)C)CC1=O. The highest BCUT2D eigenvalue weighted by molar-refractivity contribution is 5.89. The Labute approximate surface area is 109 Å². The highest BCUT2D eigenvalue weighted by atomic mass is 16.3. The molecule has 1 rings (SSSR count). The van der Waals surface area contributed by atoms with Crippen LogP contribution in [0.4, 0.5) is 0 Å². The molecule has 0 bridgehead atoms. The predicted molar refractivity (Wildman–Crippen MR) is 68.9 cm³/mol. The molecule has 5 heteroatoms. The van der Waals surface area contributed by atoms with Gasteiger partial charge < -0.3 is 14.9 Å². The van der Waals surface area contributed by atoms with E-state index >= 15 is 0 Å². The maximum Gasteiger partial charge on any atom is 0.228 e. The van der Waals surface area contributed by atoms with Crippen LogP contribution in [0, 0.1) is 5.92 Å². The lowest BCUT2D eigenvalue weighted by Gasteiger charge is -2.29. The third kappa shape index (κ3) is 3.45. The monoisotopic (exact) mass is 256 g/mol. The van der Waals surface area contributed by atoms with Gasteiger partial charge in [0.2, 0.25) is 11.8 Å². The third-order valence-electron chi connectivity index (χ3n) is 3.41. The molecule has 0 saturated carbocycles. The predicted octanol–water partition coefficient (Wildman–Crippen LogP) is 0.474. The Morgan fingerprint density at radius 2 is 2.22 bits per heavy atom. The van der Waals surface area contributed by atoms with Gasteiger partial charge in [0, 0.05) is 38.7 Å². The van der Waals surface area contributed by atoms with E-state index in [-0.39, 0.29) is 30.4 Å². The first-order valence-electron chi connectivity index (χ1n) is 6.70. The van der Waals surface area contributed by atoms with E-state index in [0.29, 0.717) is 32.5 Å². The summed E-state index contributed by atoms with van der Waals surface area (Å²) in [6.07, 6.45) is 0.914. The van der Waals surface area contributed by atoms with Crippen molar-refractivity contribution < 1.29 is 14.7 Å². The first-order chi connectivity index (χ1) is 8.51. The second kappa shape index (κ2) is 6.73. The largest absolute Gasteiger partial charge is 0.396 e. The molecule has 1 aliphatic heterocycles. The maximum atomic E-state index is 12.4. The van der Waals surface area contributed by atoms with Gasteiger partial charge >= 0.3 is 0 Å². The molecule has 0 spiro atoms. The minimum atomic E-state index is -0.210. The molecule has 0 radical (unpaired) electrons. The van der Waals surface area contributed by atoms with Crippen LogP contribution in [0.15, 0.2) is 0 Å². The van der Waals surface area contributed by atoms with Crippen molar-refractivity contribution in [2.24, 2.45) is 5.92 Å². The molecule has 1 atom stereocenters. The highest BCUT2D eigenvalue weighted by Crippen LogP contribution is 2.21. The zero-order valence-electron chi connectivity index (χ0n) is 11.6. The molecule has 2 amide bonds. The van der Waals surface area contributed by atoms with Gasteiger partial charge in [-0.25, -0.2) is 0 Å². The summed E-state index contributed by atoms with van der Waals surface area (Å²) >= 11 is 0. The van der Waals surface area contributed by atoms with Crippen LogP contribution >= 0.6 is 0 Å². The fraction of sp³-hybridized carbons (Fsp3) is 0.846. The Balaban J connectivity index is 2.64. The Morgan fingerprint density at radius 3 is 2.67 bits per heavy atom. The molecule has 1 fully saturated rings. The van der Waals surface area contributed by atoms with E-state index in [9.17, 15) is 9.59 Å². The zero-order valence-corrected chi connectivity index (χ0v) is 11.6. The molecule has 104 valence electrons. The van der Waals surface area contributed by atoms with Crippen molar-refractivity contribution in [3.63, 3.8) is 0 Å². The summed E-state index contributed by atoms with van der Waals surface area (Å²) in [6, 6.07) is 0.106. The maximum absolute atomic E-state index is 12.4. The number of rotatable bonds is 6. The summed E-state index contributed by atoms with van der Waals surface area (Å²) in [5, 5.41) is 8.87. The van der Waals surface area contributed by atoms with Crippen LogP contribution in [-0.2, 0) is 9.59 Å². The van der Waals surface area contributed by atoms with Crippen molar-refractivity contribution in [3.05, 3.63) is 0 Å². The first kappa shape index (κ1) is 15.0. The lowest BCUT2D eigenvalue weighted by molar-refractivity contribution is -0.137. The number of aliphatic hydroxyl groups is 1. The number of carbonyl (C=O) groups excluding carboxylic acids is 2. The van der Waals surface area contributed by atoms with E-state index in [1.54, 1.807) is 9.80 Å².